The summed E-state index contributed by atoms with van der Waals surface area (Å²) in [6.45, 7) is 8.73. The Kier molecular flexibility index (Phi) is 12.5. The summed E-state index contributed by atoms with van der Waals surface area (Å²) in [5, 5.41) is 0. The molecule has 0 aromatic heterocycles. The molecule has 0 rings (SSSR count). The van der Waals surface area contributed by atoms with Crippen LogP contribution in [0.1, 0.15) is 79.1 Å². The maximum absolute atomic E-state index is 11.2. The van der Waals surface area contributed by atoms with E-state index in [1.54, 1.807) is 20.2 Å². The van der Waals surface area contributed by atoms with Crippen molar-refractivity contribution in [3.05, 3.63) is 0 Å². The molecule has 0 saturated heterocycles. The van der Waals surface area contributed by atoms with E-state index in [4.69, 9.17) is 0 Å². The predicted octanol–water partition coefficient (Wildman–Crippen LogP) is 6.20. The van der Waals surface area contributed by atoms with Crippen molar-refractivity contribution < 1.29 is 4.79 Å². The summed E-state index contributed by atoms with van der Waals surface area (Å²) < 4.78 is 6.24. The number of hydrogen-bond acceptors (Lipinski definition) is 1. The minimum absolute atomic E-state index is 0.390. The van der Waals surface area contributed by atoms with Crippen LogP contribution in [0.25, 0.3) is 0 Å². The van der Waals surface area contributed by atoms with Gasteiger partial charge in [0.2, 0.25) is 0 Å². The van der Waals surface area contributed by atoms with Crippen LogP contribution >= 0.6 is 0 Å². The monoisotopic (exact) mass is 376 g/mol. The second kappa shape index (κ2) is 12.2. The quantitative estimate of drug-likeness (QED) is 0.350. The van der Waals surface area contributed by atoms with Crippen LogP contribution < -0.4 is 0 Å². The van der Waals surface area contributed by atoms with Crippen LogP contribution in [0.4, 0.5) is 0 Å². The van der Waals surface area contributed by atoms with E-state index >= 15 is 0 Å². The van der Waals surface area contributed by atoms with Gasteiger partial charge in [-0.05, 0) is 0 Å². The molecule has 0 bridgehead atoms. The molecule has 0 aromatic rings. The third-order valence-corrected chi connectivity index (χ3v) is 20.6. The summed E-state index contributed by atoms with van der Waals surface area (Å²) in [5.74, 6) is 0.390. The number of carbonyl (C=O) groups is 1. The molecule has 0 radical (unpaired) electrons. The molecule has 0 saturated carbocycles. The minimum atomic E-state index is -1.91. The van der Waals surface area contributed by atoms with E-state index in [0.29, 0.717) is 5.78 Å². The third-order valence-electron chi connectivity index (χ3n) is 4.42. The van der Waals surface area contributed by atoms with Crippen molar-refractivity contribution in [2.45, 2.75) is 96.8 Å². The van der Waals surface area contributed by atoms with Gasteiger partial charge >= 0.3 is 126 Å². The van der Waals surface area contributed by atoms with Gasteiger partial charge in [0.25, 0.3) is 0 Å². The average Bonchev–Trinajstić information content (AvgIpc) is 2.39. The number of rotatable bonds is 13. The first kappa shape index (κ1) is 19.5. The number of carbonyl (C=O) groups excluding carboxylic acids is 1. The van der Waals surface area contributed by atoms with Crippen LogP contribution in [-0.2, 0) is 4.79 Å². The van der Waals surface area contributed by atoms with Gasteiger partial charge in [-0.2, -0.15) is 0 Å². The molecule has 0 aliphatic heterocycles. The molecule has 0 N–H and O–H groups in total. The van der Waals surface area contributed by atoms with Gasteiger partial charge in [-0.25, -0.2) is 0 Å². The van der Waals surface area contributed by atoms with E-state index < -0.39 is 18.4 Å². The van der Waals surface area contributed by atoms with Gasteiger partial charge < -0.3 is 0 Å². The molecular weight excluding hydrogens is 339 g/mol. The Morgan fingerprint density at radius 3 is 1.42 bits per heavy atom. The Morgan fingerprint density at radius 1 is 0.737 bits per heavy atom. The zero-order chi connectivity index (χ0) is 14.6. The standard InChI is InChI=1S/C5H9O.3C4H9.Sn/c1-3-4-5(2)6;3*1-3-4-2;/h1,3-4H2,2H3;3*1,3-4H2,2H3;. The first-order chi connectivity index (χ1) is 9.10. The fraction of sp³-hybridized carbons (Fsp3) is 0.941. The first-order valence-electron chi connectivity index (χ1n) is 8.59. The van der Waals surface area contributed by atoms with Crippen molar-refractivity contribution in [3.8, 4) is 0 Å². The molecule has 0 aliphatic rings. The number of Topliss-reactive ketones (excluding diaryl/α,β-unsaturated/α-hetero) is 1. The summed E-state index contributed by atoms with van der Waals surface area (Å²) in [6, 6.07) is 0. The van der Waals surface area contributed by atoms with E-state index in [-0.39, 0.29) is 0 Å². The third kappa shape index (κ3) is 9.92. The molecule has 1 nitrogen and oxygen atoms in total. The van der Waals surface area contributed by atoms with Gasteiger partial charge in [-0.3, -0.25) is 0 Å². The fourth-order valence-electron chi connectivity index (χ4n) is 3.12. The summed E-state index contributed by atoms with van der Waals surface area (Å²) in [7, 11) is 0. The van der Waals surface area contributed by atoms with E-state index in [9.17, 15) is 4.79 Å². The van der Waals surface area contributed by atoms with Crippen molar-refractivity contribution in [2.75, 3.05) is 0 Å². The Labute approximate surface area is 125 Å². The van der Waals surface area contributed by atoms with Gasteiger partial charge in [-0.15, -0.1) is 0 Å². The molecule has 19 heavy (non-hydrogen) atoms. The van der Waals surface area contributed by atoms with Gasteiger partial charge in [0, 0.05) is 0 Å². The van der Waals surface area contributed by atoms with Crippen LogP contribution in [0.5, 0.6) is 0 Å². The van der Waals surface area contributed by atoms with Crippen LogP contribution in [0.15, 0.2) is 0 Å². The van der Waals surface area contributed by atoms with Gasteiger partial charge in [0.15, 0.2) is 0 Å². The number of hydrogen-bond donors (Lipinski definition) is 0. The normalized spacial score (nSPS) is 11.8. The summed E-state index contributed by atoms with van der Waals surface area (Å²) in [5.41, 5.74) is 0. The Bertz CT molecular complexity index is 204. The molecule has 0 unspecified atom stereocenters. The SMILES string of the molecule is CCC[CH2][Sn]([CH2]CCC)([CH2]CCC)[CH2]CCC(C)=O. The molecule has 114 valence electrons. The van der Waals surface area contributed by atoms with Crippen molar-refractivity contribution in [3.63, 3.8) is 0 Å². The number of unbranched alkanes of at least 4 members (excludes halogenated alkanes) is 3. The summed E-state index contributed by atoms with van der Waals surface area (Å²) >= 11 is -1.91. The molecule has 0 atom stereocenters. The molecule has 0 spiro atoms. The summed E-state index contributed by atoms with van der Waals surface area (Å²) in [6.07, 6.45) is 10.4. The van der Waals surface area contributed by atoms with E-state index in [1.165, 1.54) is 49.4 Å². The van der Waals surface area contributed by atoms with Crippen molar-refractivity contribution in [1.82, 2.24) is 0 Å². The molecule has 0 amide bonds. The molecule has 0 aliphatic carbocycles. The molecule has 0 heterocycles. The molecule has 2 heteroatoms. The van der Waals surface area contributed by atoms with Crippen molar-refractivity contribution >= 4 is 24.2 Å². The topological polar surface area (TPSA) is 17.1 Å². The first-order valence-corrected chi connectivity index (χ1v) is 16.7. The molecule has 0 aromatic carbocycles. The second-order valence-electron chi connectivity index (χ2n) is 6.37. The van der Waals surface area contributed by atoms with Crippen LogP contribution in [0, 0.1) is 0 Å². The second-order valence-corrected chi connectivity index (χ2v) is 20.6. The Hall–Kier alpha value is 0.469. The maximum atomic E-state index is 11.2. The zero-order valence-electron chi connectivity index (χ0n) is 13.9. The predicted molar refractivity (Wildman–Crippen MR) is 89.6 cm³/mol. The van der Waals surface area contributed by atoms with Gasteiger partial charge in [0.05, 0.1) is 0 Å². The van der Waals surface area contributed by atoms with Crippen LogP contribution in [0.3, 0.4) is 0 Å². The Balaban J connectivity index is 4.51. The number of ketones is 1. The van der Waals surface area contributed by atoms with E-state index in [2.05, 4.69) is 20.8 Å². The van der Waals surface area contributed by atoms with E-state index in [0.717, 1.165) is 6.42 Å². The van der Waals surface area contributed by atoms with Crippen LogP contribution in [0.2, 0.25) is 17.7 Å². The zero-order valence-corrected chi connectivity index (χ0v) is 16.7. The van der Waals surface area contributed by atoms with Crippen LogP contribution in [-0.4, -0.2) is 24.2 Å². The fourth-order valence-corrected chi connectivity index (χ4v) is 19.5. The molecule has 0 fully saturated rings. The Morgan fingerprint density at radius 2 is 1.11 bits per heavy atom. The van der Waals surface area contributed by atoms with Gasteiger partial charge in [0.1, 0.15) is 0 Å². The average molecular weight is 375 g/mol. The van der Waals surface area contributed by atoms with Crippen molar-refractivity contribution in [2.24, 2.45) is 0 Å². The van der Waals surface area contributed by atoms with Gasteiger partial charge in [-0.1, -0.05) is 0 Å². The van der Waals surface area contributed by atoms with Crippen molar-refractivity contribution in [1.29, 1.82) is 0 Å². The summed E-state index contributed by atoms with van der Waals surface area (Å²) in [4.78, 5) is 11.2. The molecular formula is C17H36OSn. The van der Waals surface area contributed by atoms with E-state index in [1.807, 2.05) is 0 Å².